The van der Waals surface area contributed by atoms with Crippen LogP contribution in [-0.4, -0.2) is 46.5 Å². The molecule has 0 atom stereocenters. The molecule has 2 aromatic rings. The number of para-hydroxylation sites is 1. The van der Waals surface area contributed by atoms with Crippen LogP contribution in [0.4, 0.5) is 5.69 Å². The van der Waals surface area contributed by atoms with Crippen LogP contribution in [0.15, 0.2) is 54.6 Å². The van der Waals surface area contributed by atoms with Crippen LogP contribution in [0.1, 0.15) is 58.4 Å². The number of imide groups is 1. The normalized spacial score (nSPS) is 12.8. The van der Waals surface area contributed by atoms with E-state index < -0.39 is 23.1 Å². The van der Waals surface area contributed by atoms with Crippen LogP contribution in [0.5, 0.6) is 0 Å². The van der Waals surface area contributed by atoms with Gasteiger partial charge < -0.3 is 4.74 Å². The lowest BCUT2D eigenvalue weighted by Gasteiger charge is -2.13. The van der Waals surface area contributed by atoms with Crippen molar-refractivity contribution in [2.45, 2.75) is 32.1 Å². The highest BCUT2D eigenvalue weighted by atomic mass is 16.6. The maximum atomic E-state index is 12.3. The number of hydrogen-bond acceptors (Lipinski definition) is 7. The Morgan fingerprint density at radius 2 is 1.53 bits per heavy atom. The largest absolute Gasteiger partial charge is 0.465 e. The summed E-state index contributed by atoms with van der Waals surface area (Å²) in [4.78, 5) is 60.0. The zero-order valence-electron chi connectivity index (χ0n) is 18.5. The summed E-state index contributed by atoms with van der Waals surface area (Å²) in [6.45, 7) is 0.500. The van der Waals surface area contributed by atoms with Gasteiger partial charge in [-0.2, -0.15) is 0 Å². The maximum absolute atomic E-state index is 12.3. The summed E-state index contributed by atoms with van der Waals surface area (Å²) in [5, 5.41) is 11.0. The van der Waals surface area contributed by atoms with Crippen molar-refractivity contribution in [1.29, 1.82) is 0 Å². The quantitative estimate of drug-likeness (QED) is 0.0885. The molecular formula is C25H24N2O7. The van der Waals surface area contributed by atoms with Gasteiger partial charge in [0.25, 0.3) is 17.5 Å². The van der Waals surface area contributed by atoms with Gasteiger partial charge in [-0.25, -0.2) is 0 Å². The predicted molar refractivity (Wildman–Crippen MR) is 123 cm³/mol. The van der Waals surface area contributed by atoms with Gasteiger partial charge in [0.2, 0.25) is 0 Å². The lowest BCUT2D eigenvalue weighted by molar-refractivity contribution is -0.385. The van der Waals surface area contributed by atoms with Crippen LogP contribution < -0.4 is 0 Å². The van der Waals surface area contributed by atoms with Gasteiger partial charge in [-0.1, -0.05) is 30.7 Å². The van der Waals surface area contributed by atoms with Crippen molar-refractivity contribution >= 4 is 35.3 Å². The van der Waals surface area contributed by atoms with Crippen LogP contribution >= 0.6 is 0 Å². The van der Waals surface area contributed by atoms with Gasteiger partial charge in [0, 0.05) is 12.6 Å². The average molecular weight is 464 g/mol. The minimum Gasteiger partial charge on any atom is -0.465 e. The molecule has 0 N–H and O–H groups in total. The molecule has 0 radical (unpaired) electrons. The number of ketones is 1. The highest BCUT2D eigenvalue weighted by molar-refractivity contribution is 6.21. The van der Waals surface area contributed by atoms with E-state index in [-0.39, 0.29) is 29.7 Å². The smallest absolute Gasteiger partial charge is 0.313 e. The Balaban J connectivity index is 1.30. The number of allylic oxidation sites excluding steroid dienone is 1. The Morgan fingerprint density at radius 1 is 0.912 bits per heavy atom. The van der Waals surface area contributed by atoms with Crippen LogP contribution in [0.3, 0.4) is 0 Å². The molecule has 1 aliphatic heterocycles. The summed E-state index contributed by atoms with van der Waals surface area (Å²) in [6, 6.07) is 12.7. The van der Waals surface area contributed by atoms with E-state index >= 15 is 0 Å². The van der Waals surface area contributed by atoms with Gasteiger partial charge in [0.05, 0.1) is 28.2 Å². The molecule has 0 aromatic heterocycles. The van der Waals surface area contributed by atoms with Gasteiger partial charge in [-0.05, 0) is 49.6 Å². The Kier molecular flexibility index (Phi) is 8.39. The molecule has 0 aliphatic carbocycles. The fourth-order valence-corrected chi connectivity index (χ4v) is 3.58. The topological polar surface area (TPSA) is 124 Å². The van der Waals surface area contributed by atoms with E-state index in [0.29, 0.717) is 30.5 Å². The average Bonchev–Trinajstić information content (AvgIpc) is 3.07. The van der Waals surface area contributed by atoms with Gasteiger partial charge in [0.15, 0.2) is 5.78 Å². The summed E-state index contributed by atoms with van der Waals surface area (Å²) in [5.41, 5.74) is 1.02. The molecule has 0 saturated carbocycles. The molecule has 1 heterocycles. The number of fused-ring (bicyclic) bond motifs is 1. The first-order valence-electron chi connectivity index (χ1n) is 10.9. The Bertz CT molecular complexity index is 1100. The fraction of sp³-hybridized carbons (Fsp3) is 0.280. The van der Waals surface area contributed by atoms with E-state index in [2.05, 4.69) is 0 Å². The molecule has 2 aromatic carbocycles. The third kappa shape index (κ3) is 6.22. The van der Waals surface area contributed by atoms with E-state index in [9.17, 15) is 29.3 Å². The molecule has 0 fully saturated rings. The summed E-state index contributed by atoms with van der Waals surface area (Å²) >= 11 is 0. The van der Waals surface area contributed by atoms with Crippen molar-refractivity contribution in [3.05, 3.63) is 81.4 Å². The minimum atomic E-state index is -0.664. The number of rotatable bonds is 12. The number of ether oxygens (including phenoxy) is 1. The zero-order chi connectivity index (χ0) is 24.5. The maximum Gasteiger partial charge on any atom is 0.313 e. The number of unbranched alkanes of at least 4 members (excludes halogenated alkanes) is 3. The van der Waals surface area contributed by atoms with E-state index in [1.54, 1.807) is 30.3 Å². The third-order valence-electron chi connectivity index (χ3n) is 5.32. The van der Waals surface area contributed by atoms with Gasteiger partial charge in [-0.3, -0.25) is 34.2 Å². The summed E-state index contributed by atoms with van der Waals surface area (Å²) in [6.07, 6.45) is 4.72. The molecule has 9 heteroatoms. The minimum absolute atomic E-state index is 0.128. The number of nitro groups is 1. The number of carbonyl (C=O) groups excluding carboxylic acids is 4. The monoisotopic (exact) mass is 464 g/mol. The number of carbonyl (C=O) groups is 4. The predicted octanol–water partition coefficient (Wildman–Crippen LogP) is 3.97. The SMILES string of the molecule is O=C(C=Cc1ccccc1[N+](=O)[O-])CC(=O)OCCCCCCN1C(=O)c2ccccc2C1=O. The van der Waals surface area contributed by atoms with Crippen LogP contribution in [0.25, 0.3) is 6.08 Å². The number of nitro benzene ring substituents is 1. The number of nitrogens with zero attached hydrogens (tertiary/aromatic N) is 2. The number of hydrogen-bond donors (Lipinski definition) is 0. The van der Waals surface area contributed by atoms with Gasteiger partial charge in [-0.15, -0.1) is 0 Å². The van der Waals surface area contributed by atoms with Crippen molar-refractivity contribution in [3.8, 4) is 0 Å². The van der Waals surface area contributed by atoms with Crippen molar-refractivity contribution in [2.75, 3.05) is 13.2 Å². The molecule has 0 saturated heterocycles. The summed E-state index contributed by atoms with van der Waals surface area (Å²) < 4.78 is 5.06. The van der Waals surface area contributed by atoms with E-state index in [1.165, 1.54) is 29.2 Å². The second-order valence-electron chi connectivity index (χ2n) is 7.73. The van der Waals surface area contributed by atoms with E-state index in [0.717, 1.165) is 18.9 Å². The number of amides is 2. The first-order valence-corrected chi connectivity index (χ1v) is 10.9. The van der Waals surface area contributed by atoms with E-state index in [4.69, 9.17) is 4.74 Å². The van der Waals surface area contributed by atoms with Crippen LogP contribution in [0, 0.1) is 10.1 Å². The lowest BCUT2D eigenvalue weighted by atomic mass is 10.1. The van der Waals surface area contributed by atoms with Crippen LogP contribution in [0.2, 0.25) is 0 Å². The number of esters is 1. The van der Waals surface area contributed by atoms with Crippen molar-refractivity contribution in [3.63, 3.8) is 0 Å². The van der Waals surface area contributed by atoms with Crippen LogP contribution in [-0.2, 0) is 14.3 Å². The first kappa shape index (κ1) is 24.5. The third-order valence-corrected chi connectivity index (χ3v) is 5.32. The molecule has 176 valence electrons. The molecule has 34 heavy (non-hydrogen) atoms. The van der Waals surface area contributed by atoms with Crippen molar-refractivity contribution in [1.82, 2.24) is 4.90 Å². The molecular weight excluding hydrogens is 440 g/mol. The van der Waals surface area contributed by atoms with Crippen molar-refractivity contribution < 1.29 is 28.8 Å². The second kappa shape index (κ2) is 11.6. The molecule has 3 rings (SSSR count). The standard InChI is InChI=1S/C25H24N2O7/c28-19(14-13-18-9-3-6-12-22(18)27(32)33)17-23(29)34-16-8-2-1-7-15-26-24(30)20-10-4-5-11-21(20)25(26)31/h3-6,9-14H,1-2,7-8,15-17H2. The lowest BCUT2D eigenvalue weighted by Crippen LogP contribution is -2.30. The van der Waals surface area contributed by atoms with Gasteiger partial charge >= 0.3 is 5.97 Å². The Hall–Kier alpha value is -4.14. The van der Waals surface area contributed by atoms with Crippen molar-refractivity contribution in [2.24, 2.45) is 0 Å². The highest BCUT2D eigenvalue weighted by Gasteiger charge is 2.34. The molecule has 0 unspecified atom stereocenters. The molecule has 1 aliphatic rings. The number of benzene rings is 2. The molecule has 9 nitrogen and oxygen atoms in total. The molecule has 0 bridgehead atoms. The summed E-state index contributed by atoms with van der Waals surface area (Å²) in [5.74, 6) is -1.71. The Morgan fingerprint density at radius 3 is 2.21 bits per heavy atom. The second-order valence-corrected chi connectivity index (χ2v) is 7.73. The molecule has 0 spiro atoms. The summed E-state index contributed by atoms with van der Waals surface area (Å²) in [7, 11) is 0. The van der Waals surface area contributed by atoms with Gasteiger partial charge in [0.1, 0.15) is 6.42 Å². The van der Waals surface area contributed by atoms with E-state index in [1.807, 2.05) is 0 Å². The highest BCUT2D eigenvalue weighted by Crippen LogP contribution is 2.23. The first-order chi connectivity index (χ1) is 16.4. The fourth-order valence-electron chi connectivity index (χ4n) is 3.58. The zero-order valence-corrected chi connectivity index (χ0v) is 18.5. The molecule has 2 amide bonds. The Labute approximate surface area is 196 Å².